The molecule has 2 heteroatoms. The van der Waals surface area contributed by atoms with Gasteiger partial charge in [-0.05, 0) is 62.9 Å². The van der Waals surface area contributed by atoms with E-state index in [0.29, 0.717) is 0 Å². The number of benzene rings is 2. The molecule has 0 aliphatic carbocycles. The SMILES string of the molecule is CCCC1CCN(CCCCOC(=Cc2ccccc2)c2ccccc2)CC1. The molecule has 0 radical (unpaired) electrons. The molecule has 0 N–H and O–H groups in total. The van der Waals surface area contributed by atoms with Gasteiger partial charge in [-0.2, -0.15) is 0 Å². The number of nitrogens with zero attached hydrogens (tertiary/aromatic N) is 1. The minimum atomic E-state index is 0.778. The van der Waals surface area contributed by atoms with Gasteiger partial charge in [-0.25, -0.2) is 0 Å². The number of ether oxygens (including phenoxy) is 1. The first-order valence-electron chi connectivity index (χ1n) is 11.0. The second kappa shape index (κ2) is 11.7. The molecule has 28 heavy (non-hydrogen) atoms. The van der Waals surface area contributed by atoms with Gasteiger partial charge in [-0.3, -0.25) is 0 Å². The standard InChI is InChI=1S/C26H35NO/c1-2-11-23-16-19-27(20-17-23)18-9-10-21-28-26(25-14-7-4-8-15-25)22-24-12-5-3-6-13-24/h3-8,12-15,22-23H,2,9-11,16-21H2,1H3. The molecule has 0 unspecified atom stereocenters. The van der Waals surface area contributed by atoms with Crippen molar-refractivity contribution in [1.29, 1.82) is 0 Å². The molecular formula is C26H35NO. The Bertz CT molecular complexity index is 687. The van der Waals surface area contributed by atoms with Crippen molar-refractivity contribution in [3.63, 3.8) is 0 Å². The molecule has 2 aromatic carbocycles. The Hall–Kier alpha value is -2.06. The van der Waals surface area contributed by atoms with Crippen LogP contribution in [0.4, 0.5) is 0 Å². The van der Waals surface area contributed by atoms with Crippen molar-refractivity contribution < 1.29 is 4.74 Å². The van der Waals surface area contributed by atoms with Crippen molar-refractivity contribution in [2.24, 2.45) is 5.92 Å². The maximum Gasteiger partial charge on any atom is 0.127 e. The van der Waals surface area contributed by atoms with E-state index in [9.17, 15) is 0 Å². The van der Waals surface area contributed by atoms with E-state index in [-0.39, 0.29) is 0 Å². The summed E-state index contributed by atoms with van der Waals surface area (Å²) in [6, 6.07) is 20.8. The van der Waals surface area contributed by atoms with E-state index in [2.05, 4.69) is 66.4 Å². The highest BCUT2D eigenvalue weighted by Gasteiger charge is 2.17. The zero-order valence-electron chi connectivity index (χ0n) is 17.4. The lowest BCUT2D eigenvalue weighted by Gasteiger charge is -2.31. The summed E-state index contributed by atoms with van der Waals surface area (Å²) in [7, 11) is 0. The number of rotatable bonds is 10. The van der Waals surface area contributed by atoms with Gasteiger partial charge in [0.2, 0.25) is 0 Å². The van der Waals surface area contributed by atoms with E-state index in [4.69, 9.17) is 4.74 Å². The van der Waals surface area contributed by atoms with Crippen molar-refractivity contribution in [1.82, 2.24) is 4.90 Å². The fourth-order valence-corrected chi connectivity index (χ4v) is 4.04. The van der Waals surface area contributed by atoms with Crippen LogP contribution in [-0.2, 0) is 4.74 Å². The van der Waals surface area contributed by atoms with Crippen LogP contribution in [-0.4, -0.2) is 31.1 Å². The second-order valence-electron chi connectivity index (χ2n) is 7.91. The van der Waals surface area contributed by atoms with Crippen molar-refractivity contribution in [3.05, 3.63) is 71.8 Å². The van der Waals surface area contributed by atoms with Crippen LogP contribution in [0.1, 0.15) is 56.6 Å². The van der Waals surface area contributed by atoms with Gasteiger partial charge in [0.15, 0.2) is 0 Å². The highest BCUT2D eigenvalue weighted by molar-refractivity contribution is 5.77. The first-order chi connectivity index (χ1) is 13.8. The average Bonchev–Trinajstić information content (AvgIpc) is 2.75. The van der Waals surface area contributed by atoms with E-state index < -0.39 is 0 Å². The number of hydrogen-bond donors (Lipinski definition) is 0. The van der Waals surface area contributed by atoms with Crippen LogP contribution in [0.5, 0.6) is 0 Å². The monoisotopic (exact) mass is 377 g/mol. The highest BCUT2D eigenvalue weighted by Crippen LogP contribution is 2.22. The summed E-state index contributed by atoms with van der Waals surface area (Å²) in [4.78, 5) is 2.64. The molecule has 2 aromatic rings. The third-order valence-electron chi connectivity index (χ3n) is 5.69. The lowest BCUT2D eigenvalue weighted by atomic mass is 9.92. The highest BCUT2D eigenvalue weighted by atomic mass is 16.5. The molecule has 0 aromatic heterocycles. The van der Waals surface area contributed by atoms with Crippen LogP contribution >= 0.6 is 0 Å². The molecule has 0 amide bonds. The zero-order valence-corrected chi connectivity index (χ0v) is 17.4. The van der Waals surface area contributed by atoms with Gasteiger partial charge in [0.25, 0.3) is 0 Å². The van der Waals surface area contributed by atoms with Crippen molar-refractivity contribution >= 4 is 11.8 Å². The van der Waals surface area contributed by atoms with Gasteiger partial charge < -0.3 is 9.64 Å². The average molecular weight is 378 g/mol. The molecule has 0 saturated carbocycles. The normalized spacial score (nSPS) is 16.2. The summed E-state index contributed by atoms with van der Waals surface area (Å²) in [6.45, 7) is 6.87. The van der Waals surface area contributed by atoms with Crippen molar-refractivity contribution in [2.45, 2.75) is 45.4 Å². The summed E-state index contributed by atoms with van der Waals surface area (Å²) < 4.78 is 6.21. The number of likely N-dealkylation sites (tertiary alicyclic amines) is 1. The van der Waals surface area contributed by atoms with Crippen LogP contribution in [0.2, 0.25) is 0 Å². The molecule has 0 atom stereocenters. The minimum absolute atomic E-state index is 0.778. The van der Waals surface area contributed by atoms with Gasteiger partial charge >= 0.3 is 0 Å². The minimum Gasteiger partial charge on any atom is -0.493 e. The molecule has 1 fully saturated rings. The smallest absolute Gasteiger partial charge is 0.127 e. The third kappa shape index (κ3) is 6.83. The lowest BCUT2D eigenvalue weighted by molar-refractivity contribution is 0.170. The van der Waals surface area contributed by atoms with Gasteiger partial charge in [0.05, 0.1) is 6.61 Å². The number of piperidine rings is 1. The van der Waals surface area contributed by atoms with Crippen LogP contribution in [0, 0.1) is 5.92 Å². The topological polar surface area (TPSA) is 12.5 Å². The summed E-state index contributed by atoms with van der Waals surface area (Å²) in [5.41, 5.74) is 2.32. The largest absolute Gasteiger partial charge is 0.493 e. The molecule has 1 aliphatic rings. The predicted molar refractivity (Wildman–Crippen MR) is 120 cm³/mol. The van der Waals surface area contributed by atoms with Gasteiger partial charge in [-0.15, -0.1) is 0 Å². The molecule has 0 bridgehead atoms. The fraction of sp³-hybridized carbons (Fsp3) is 0.462. The molecule has 1 aliphatic heterocycles. The maximum absolute atomic E-state index is 6.21. The fourth-order valence-electron chi connectivity index (χ4n) is 4.04. The van der Waals surface area contributed by atoms with Gasteiger partial charge in [-0.1, -0.05) is 80.4 Å². The summed E-state index contributed by atoms with van der Waals surface area (Å²) in [6.07, 6.45) is 10.00. The van der Waals surface area contributed by atoms with Crippen LogP contribution in [0.15, 0.2) is 60.7 Å². The van der Waals surface area contributed by atoms with E-state index in [1.54, 1.807) is 0 Å². The lowest BCUT2D eigenvalue weighted by Crippen LogP contribution is -2.34. The zero-order chi connectivity index (χ0) is 19.4. The molecule has 150 valence electrons. The molecule has 2 nitrogen and oxygen atoms in total. The first kappa shape index (κ1) is 20.7. The molecule has 3 rings (SSSR count). The molecular weight excluding hydrogens is 342 g/mol. The Kier molecular flexibility index (Phi) is 8.64. The van der Waals surface area contributed by atoms with E-state index >= 15 is 0 Å². The number of unbranched alkanes of at least 4 members (excludes halogenated alkanes) is 1. The van der Waals surface area contributed by atoms with Crippen LogP contribution in [0.25, 0.3) is 11.8 Å². The van der Waals surface area contributed by atoms with Crippen molar-refractivity contribution in [2.75, 3.05) is 26.2 Å². The first-order valence-corrected chi connectivity index (χ1v) is 11.0. The number of hydrogen-bond acceptors (Lipinski definition) is 2. The van der Waals surface area contributed by atoms with Crippen molar-refractivity contribution in [3.8, 4) is 0 Å². The summed E-state index contributed by atoms with van der Waals surface area (Å²) in [5.74, 6) is 1.94. The van der Waals surface area contributed by atoms with Gasteiger partial charge in [0, 0.05) is 5.56 Å². The third-order valence-corrected chi connectivity index (χ3v) is 5.69. The van der Waals surface area contributed by atoms with Crippen LogP contribution in [0.3, 0.4) is 0 Å². The Morgan fingerprint density at radius 3 is 2.32 bits per heavy atom. The quantitative estimate of drug-likeness (QED) is 0.266. The Balaban J connectivity index is 1.44. The predicted octanol–water partition coefficient (Wildman–Crippen LogP) is 6.49. The Labute approximate surface area is 171 Å². The van der Waals surface area contributed by atoms with E-state index in [0.717, 1.165) is 30.3 Å². The summed E-state index contributed by atoms with van der Waals surface area (Å²) >= 11 is 0. The van der Waals surface area contributed by atoms with Crippen LogP contribution < -0.4 is 0 Å². The molecule has 1 heterocycles. The van der Waals surface area contributed by atoms with E-state index in [1.807, 2.05) is 12.1 Å². The summed E-state index contributed by atoms with van der Waals surface area (Å²) in [5, 5.41) is 0. The Morgan fingerprint density at radius 1 is 0.964 bits per heavy atom. The molecule has 1 saturated heterocycles. The van der Waals surface area contributed by atoms with Gasteiger partial charge in [0.1, 0.15) is 5.76 Å². The van der Waals surface area contributed by atoms with E-state index in [1.165, 1.54) is 57.3 Å². The second-order valence-corrected chi connectivity index (χ2v) is 7.91. The Morgan fingerprint density at radius 2 is 1.64 bits per heavy atom. The molecule has 0 spiro atoms. The maximum atomic E-state index is 6.21.